The van der Waals surface area contributed by atoms with Gasteiger partial charge in [0.05, 0.1) is 23.4 Å². The molecule has 160 valence electrons. The van der Waals surface area contributed by atoms with Crippen molar-refractivity contribution >= 4 is 5.97 Å². The molecule has 8 heteroatoms. The first-order chi connectivity index (χ1) is 12.9. The molecule has 0 heterocycles. The average molecular weight is 400 g/mol. The van der Waals surface area contributed by atoms with E-state index in [0.29, 0.717) is 38.5 Å². The molecule has 3 N–H and O–H groups in total. The van der Waals surface area contributed by atoms with E-state index in [1.807, 2.05) is 0 Å². The topological polar surface area (TPSA) is 115 Å². The van der Waals surface area contributed by atoms with E-state index in [1.165, 1.54) is 0 Å². The van der Waals surface area contributed by atoms with Crippen molar-refractivity contribution in [2.45, 2.75) is 95.0 Å². The van der Waals surface area contributed by atoms with Gasteiger partial charge in [-0.3, -0.25) is 0 Å². The molecule has 0 radical (unpaired) electrons. The van der Waals surface area contributed by atoms with Gasteiger partial charge in [0.25, 0.3) is 0 Å². The Balaban J connectivity index is 2.01. The van der Waals surface area contributed by atoms with Crippen LogP contribution >= 0.6 is 0 Å². The molecule has 0 saturated heterocycles. The van der Waals surface area contributed by atoms with Crippen molar-refractivity contribution in [2.24, 2.45) is 5.41 Å². The molecule has 0 aromatic heterocycles. The van der Waals surface area contributed by atoms with Crippen molar-refractivity contribution in [1.82, 2.24) is 0 Å². The number of aliphatic hydroxyl groups excluding tert-OH is 3. The second kappa shape index (κ2) is 7.34. The zero-order valence-electron chi connectivity index (χ0n) is 16.8. The summed E-state index contributed by atoms with van der Waals surface area (Å²) in [4.78, 5) is 11.7. The third-order valence-corrected chi connectivity index (χ3v) is 5.97. The van der Waals surface area contributed by atoms with Crippen molar-refractivity contribution in [3.05, 3.63) is 12.7 Å². The Morgan fingerprint density at radius 1 is 0.857 bits per heavy atom. The first-order valence-corrected chi connectivity index (χ1v) is 9.82. The van der Waals surface area contributed by atoms with Gasteiger partial charge in [-0.25, -0.2) is 4.79 Å². The highest BCUT2D eigenvalue weighted by Crippen LogP contribution is 2.68. The summed E-state index contributed by atoms with van der Waals surface area (Å²) < 4.78 is 23.4. The van der Waals surface area contributed by atoms with Gasteiger partial charge >= 0.3 is 5.97 Å². The molecule has 3 atom stereocenters. The van der Waals surface area contributed by atoms with Crippen molar-refractivity contribution < 1.29 is 39.1 Å². The lowest BCUT2D eigenvalue weighted by Gasteiger charge is -2.69. The summed E-state index contributed by atoms with van der Waals surface area (Å²) in [5.41, 5.74) is -2.83. The molecule has 0 aliphatic heterocycles. The van der Waals surface area contributed by atoms with Gasteiger partial charge in [-0.05, 0) is 40.0 Å². The molecule has 4 saturated carbocycles. The van der Waals surface area contributed by atoms with Crippen LogP contribution in [0.3, 0.4) is 0 Å². The van der Waals surface area contributed by atoms with Crippen molar-refractivity contribution in [3.63, 3.8) is 0 Å². The minimum absolute atomic E-state index is 0.124. The van der Waals surface area contributed by atoms with Gasteiger partial charge in [0.1, 0.15) is 0 Å². The van der Waals surface area contributed by atoms with Crippen LogP contribution < -0.4 is 0 Å². The number of esters is 1. The molecule has 4 aliphatic carbocycles. The zero-order chi connectivity index (χ0) is 20.8. The van der Waals surface area contributed by atoms with E-state index in [4.69, 9.17) is 18.9 Å². The van der Waals surface area contributed by atoms with Gasteiger partial charge in [0, 0.05) is 30.8 Å². The monoisotopic (exact) mass is 400 g/mol. The molecule has 0 aromatic rings. The van der Waals surface area contributed by atoms with Crippen molar-refractivity contribution in [1.29, 1.82) is 0 Å². The molecule has 0 spiro atoms. The number of carbonyl (C=O) groups is 1. The molecular weight excluding hydrogens is 368 g/mol. The SMILES string of the molecule is C=CC(=O)OCC12CC3(OC(C)O)CC(OC(C)O)(C1)CC(OC(C)O)(C2)C3. The first-order valence-electron chi connectivity index (χ1n) is 9.82. The van der Waals surface area contributed by atoms with Crippen LogP contribution in [0.15, 0.2) is 12.7 Å². The third-order valence-electron chi connectivity index (χ3n) is 5.97. The normalized spacial score (nSPS) is 42.1. The predicted molar refractivity (Wildman–Crippen MR) is 97.8 cm³/mol. The van der Waals surface area contributed by atoms with E-state index in [1.54, 1.807) is 20.8 Å². The largest absolute Gasteiger partial charge is 0.462 e. The van der Waals surface area contributed by atoms with Gasteiger partial charge in [0.15, 0.2) is 18.9 Å². The number of rotatable bonds is 9. The Morgan fingerprint density at radius 2 is 1.21 bits per heavy atom. The number of hydrogen-bond acceptors (Lipinski definition) is 8. The second-order valence-electron chi connectivity index (χ2n) is 9.07. The summed E-state index contributed by atoms with van der Waals surface area (Å²) in [7, 11) is 0. The van der Waals surface area contributed by atoms with Crippen molar-refractivity contribution in [2.75, 3.05) is 6.61 Å². The molecular formula is C20H32O8. The molecule has 4 fully saturated rings. The van der Waals surface area contributed by atoms with E-state index in [2.05, 4.69) is 6.58 Å². The fourth-order valence-corrected chi connectivity index (χ4v) is 6.46. The quantitative estimate of drug-likeness (QED) is 0.302. The Bertz CT molecular complexity index is 541. The Hall–Kier alpha value is -1.03. The standard InChI is InChI=1S/C20H32O8/c1-5-16(24)25-12-17-6-18(26-13(2)21)9-19(7-17,27-14(3)22)11-20(8-17,10-18)28-15(4)23/h5,13-15,21-23H,1,6-12H2,2-4H3. The molecule has 28 heavy (non-hydrogen) atoms. The van der Waals surface area contributed by atoms with E-state index in [0.717, 1.165) is 6.08 Å². The maximum atomic E-state index is 11.7. The van der Waals surface area contributed by atoms with Gasteiger partial charge in [-0.1, -0.05) is 6.58 Å². The Kier molecular flexibility index (Phi) is 5.68. The summed E-state index contributed by atoms with van der Waals surface area (Å²) in [5, 5.41) is 29.9. The second-order valence-corrected chi connectivity index (χ2v) is 9.07. The van der Waals surface area contributed by atoms with Crippen LogP contribution in [-0.2, 0) is 23.7 Å². The van der Waals surface area contributed by atoms with Gasteiger partial charge < -0.3 is 34.3 Å². The van der Waals surface area contributed by atoms with E-state index < -0.39 is 47.1 Å². The maximum absolute atomic E-state index is 11.7. The van der Waals surface area contributed by atoms with Crippen molar-refractivity contribution in [3.8, 4) is 0 Å². The summed E-state index contributed by atoms with van der Waals surface area (Å²) in [5.74, 6) is -0.516. The third kappa shape index (κ3) is 4.27. The van der Waals surface area contributed by atoms with Crippen LogP contribution in [0.25, 0.3) is 0 Å². The number of carbonyl (C=O) groups excluding carboxylic acids is 1. The molecule has 0 aromatic carbocycles. The molecule has 8 nitrogen and oxygen atoms in total. The van der Waals surface area contributed by atoms with Gasteiger partial charge in [-0.2, -0.15) is 0 Å². The van der Waals surface area contributed by atoms with Gasteiger partial charge in [0.2, 0.25) is 0 Å². The van der Waals surface area contributed by atoms with Crippen LogP contribution in [0.1, 0.15) is 59.3 Å². The van der Waals surface area contributed by atoms with Crippen LogP contribution in [0.5, 0.6) is 0 Å². The highest BCUT2D eigenvalue weighted by atomic mass is 16.6. The molecule has 0 amide bonds. The minimum atomic E-state index is -1.00. The minimum Gasteiger partial charge on any atom is -0.462 e. The van der Waals surface area contributed by atoms with Crippen LogP contribution in [0.2, 0.25) is 0 Å². The molecule has 4 aliphatic rings. The summed E-state index contributed by atoms with van der Waals surface area (Å²) in [6.07, 6.45) is 1.24. The lowest BCUT2D eigenvalue weighted by molar-refractivity contribution is -0.364. The van der Waals surface area contributed by atoms with Crippen LogP contribution in [-0.4, -0.2) is 63.6 Å². The average Bonchev–Trinajstić information content (AvgIpc) is 2.47. The highest BCUT2D eigenvalue weighted by Gasteiger charge is 2.71. The number of hydrogen-bond donors (Lipinski definition) is 3. The van der Waals surface area contributed by atoms with E-state index in [9.17, 15) is 20.1 Å². The molecule has 3 unspecified atom stereocenters. The smallest absolute Gasteiger partial charge is 0.330 e. The summed E-state index contributed by atoms with van der Waals surface area (Å²) in [6.45, 7) is 8.21. The molecule has 4 bridgehead atoms. The van der Waals surface area contributed by atoms with E-state index >= 15 is 0 Å². The maximum Gasteiger partial charge on any atom is 0.330 e. The summed E-state index contributed by atoms with van der Waals surface area (Å²) >= 11 is 0. The summed E-state index contributed by atoms with van der Waals surface area (Å²) in [6, 6.07) is 0. The predicted octanol–water partition coefficient (Wildman–Crippen LogP) is 1.36. The number of aliphatic hydroxyl groups is 3. The zero-order valence-corrected chi connectivity index (χ0v) is 16.8. The number of ether oxygens (including phenoxy) is 4. The van der Waals surface area contributed by atoms with Gasteiger partial charge in [-0.15, -0.1) is 0 Å². The highest BCUT2D eigenvalue weighted by molar-refractivity contribution is 5.81. The van der Waals surface area contributed by atoms with E-state index in [-0.39, 0.29) is 6.61 Å². The lowest BCUT2D eigenvalue weighted by atomic mass is 9.44. The van der Waals surface area contributed by atoms with Crippen LogP contribution in [0.4, 0.5) is 0 Å². The Labute approximate surface area is 165 Å². The fourth-order valence-electron chi connectivity index (χ4n) is 6.46. The lowest BCUT2D eigenvalue weighted by Crippen LogP contribution is -2.73. The first kappa shape index (κ1) is 21.7. The fraction of sp³-hybridized carbons (Fsp3) is 0.850. The Morgan fingerprint density at radius 3 is 1.50 bits per heavy atom. The van der Waals surface area contributed by atoms with Crippen LogP contribution in [0, 0.1) is 5.41 Å². The molecule has 4 rings (SSSR count).